The first kappa shape index (κ1) is 36.1. The molecule has 6 heterocycles. The first-order valence-electron chi connectivity index (χ1n) is 18.7. The molecule has 284 valence electrons. The van der Waals surface area contributed by atoms with Gasteiger partial charge in [0.2, 0.25) is 11.9 Å². The predicted octanol–water partition coefficient (Wildman–Crippen LogP) is 4.47. The number of hydrogen-bond acceptors (Lipinski definition) is 13. The molecule has 2 fully saturated rings. The van der Waals surface area contributed by atoms with Gasteiger partial charge in [-0.15, -0.1) is 0 Å². The molecule has 3 aromatic heterocycles. The number of nitrogens with zero attached hydrogens (tertiary/aromatic N) is 10. The van der Waals surface area contributed by atoms with Crippen molar-refractivity contribution in [1.82, 2.24) is 34.7 Å². The van der Waals surface area contributed by atoms with Crippen molar-refractivity contribution < 1.29 is 19.0 Å². The molecule has 0 unspecified atom stereocenters. The summed E-state index contributed by atoms with van der Waals surface area (Å²) in [5.41, 5.74) is 6.21. The standard InChI is InChI=1S/C41H46N10O4/c1-47-16-18-48(19-17-47)39(52)36-13-8-32(26-42-36)51-15-14-35-37(45-41(46-38(35)51)49-20-22-55-23-21-49)31-24-43-40(44-25-31)50(27-29-4-9-33(53-2)10-5-29)28-30-6-11-34(54-3)12-7-30/h4-13,24-26H,14-23,27-28H2,1-3H3. The van der Waals surface area contributed by atoms with Gasteiger partial charge in [-0.2, -0.15) is 4.98 Å². The smallest absolute Gasteiger partial charge is 0.272 e. The molecule has 3 aliphatic heterocycles. The molecule has 3 aliphatic rings. The Kier molecular flexibility index (Phi) is 10.7. The highest BCUT2D eigenvalue weighted by Gasteiger charge is 2.30. The molecule has 2 saturated heterocycles. The van der Waals surface area contributed by atoms with E-state index in [1.54, 1.807) is 20.4 Å². The van der Waals surface area contributed by atoms with Gasteiger partial charge in [-0.3, -0.25) is 4.79 Å². The van der Waals surface area contributed by atoms with Crippen LogP contribution in [0.2, 0.25) is 0 Å². The van der Waals surface area contributed by atoms with Crippen molar-refractivity contribution in [2.45, 2.75) is 19.5 Å². The third kappa shape index (κ3) is 8.01. The molecule has 55 heavy (non-hydrogen) atoms. The molecule has 0 spiro atoms. The van der Waals surface area contributed by atoms with Crippen molar-refractivity contribution in [1.29, 1.82) is 0 Å². The Bertz CT molecular complexity index is 2020. The lowest BCUT2D eigenvalue weighted by molar-refractivity contribution is 0.0658. The highest BCUT2D eigenvalue weighted by atomic mass is 16.5. The number of piperazine rings is 1. The van der Waals surface area contributed by atoms with Crippen LogP contribution in [0.1, 0.15) is 27.2 Å². The van der Waals surface area contributed by atoms with Crippen LogP contribution in [-0.4, -0.2) is 121 Å². The summed E-state index contributed by atoms with van der Waals surface area (Å²) in [6, 6.07) is 19.9. The van der Waals surface area contributed by atoms with Crippen LogP contribution in [0.15, 0.2) is 79.3 Å². The average molecular weight is 743 g/mol. The van der Waals surface area contributed by atoms with Gasteiger partial charge in [-0.05, 0) is 61.0 Å². The van der Waals surface area contributed by atoms with Crippen molar-refractivity contribution in [3.05, 3.63) is 102 Å². The van der Waals surface area contributed by atoms with E-state index in [-0.39, 0.29) is 5.91 Å². The van der Waals surface area contributed by atoms with Crippen molar-refractivity contribution in [3.63, 3.8) is 0 Å². The summed E-state index contributed by atoms with van der Waals surface area (Å²) in [7, 11) is 5.42. The summed E-state index contributed by atoms with van der Waals surface area (Å²) in [5.74, 6) is 3.66. The van der Waals surface area contributed by atoms with E-state index in [2.05, 4.69) is 55.9 Å². The molecular weight excluding hydrogens is 697 g/mol. The second-order valence-electron chi connectivity index (χ2n) is 14.0. The van der Waals surface area contributed by atoms with E-state index >= 15 is 0 Å². The largest absolute Gasteiger partial charge is 0.497 e. The van der Waals surface area contributed by atoms with Gasteiger partial charge in [0.25, 0.3) is 5.91 Å². The van der Waals surface area contributed by atoms with Crippen LogP contribution in [0.3, 0.4) is 0 Å². The third-order valence-corrected chi connectivity index (χ3v) is 10.4. The van der Waals surface area contributed by atoms with E-state index in [1.807, 2.05) is 53.7 Å². The lowest BCUT2D eigenvalue weighted by Gasteiger charge is -2.32. The normalized spacial score (nSPS) is 15.9. The second kappa shape index (κ2) is 16.2. The van der Waals surface area contributed by atoms with Gasteiger partial charge >= 0.3 is 0 Å². The average Bonchev–Trinajstić information content (AvgIpc) is 3.68. The maximum absolute atomic E-state index is 13.2. The number of amides is 1. The number of carbonyl (C=O) groups excluding carboxylic acids is 1. The maximum atomic E-state index is 13.2. The number of pyridine rings is 1. The van der Waals surface area contributed by atoms with Crippen LogP contribution < -0.4 is 24.2 Å². The fourth-order valence-electron chi connectivity index (χ4n) is 7.19. The van der Waals surface area contributed by atoms with Gasteiger partial charge < -0.3 is 38.7 Å². The lowest BCUT2D eigenvalue weighted by atomic mass is 10.1. The number of carbonyl (C=O) groups is 1. The number of aromatic nitrogens is 5. The van der Waals surface area contributed by atoms with Gasteiger partial charge in [-0.1, -0.05) is 24.3 Å². The SMILES string of the molecule is COc1ccc(CN(Cc2ccc(OC)cc2)c2ncc(-c3nc(N4CCOCC4)nc4c3CCN4c3ccc(C(=O)N4CCN(C)CC4)nc3)cn2)cc1. The predicted molar refractivity (Wildman–Crippen MR) is 210 cm³/mol. The summed E-state index contributed by atoms with van der Waals surface area (Å²) in [6.07, 6.45) is 6.25. The quantitative estimate of drug-likeness (QED) is 0.189. The van der Waals surface area contributed by atoms with Crippen molar-refractivity contribution in [3.8, 4) is 22.8 Å². The molecule has 0 saturated carbocycles. The summed E-state index contributed by atoms with van der Waals surface area (Å²) >= 11 is 0. The Hall–Kier alpha value is -5.86. The Morgan fingerprint density at radius 1 is 0.745 bits per heavy atom. The molecule has 0 aliphatic carbocycles. The molecule has 5 aromatic rings. The molecule has 14 heteroatoms. The molecule has 0 atom stereocenters. The molecule has 14 nitrogen and oxygen atoms in total. The van der Waals surface area contributed by atoms with E-state index in [4.69, 9.17) is 34.1 Å². The second-order valence-corrected chi connectivity index (χ2v) is 14.0. The summed E-state index contributed by atoms with van der Waals surface area (Å²) in [4.78, 5) is 48.6. The van der Waals surface area contributed by atoms with Gasteiger partial charge in [0, 0.05) is 82.4 Å². The number of morpholine rings is 1. The van der Waals surface area contributed by atoms with Crippen LogP contribution in [0.5, 0.6) is 11.5 Å². The number of ether oxygens (including phenoxy) is 3. The molecule has 0 N–H and O–H groups in total. The molecule has 1 amide bonds. The minimum atomic E-state index is -0.0318. The van der Waals surface area contributed by atoms with Crippen LogP contribution in [-0.2, 0) is 24.2 Å². The Balaban J connectivity index is 1.09. The minimum Gasteiger partial charge on any atom is -0.497 e. The van der Waals surface area contributed by atoms with Crippen LogP contribution in [0.25, 0.3) is 11.3 Å². The first-order chi connectivity index (χ1) is 26.9. The Morgan fingerprint density at radius 3 is 1.96 bits per heavy atom. The van der Waals surface area contributed by atoms with Gasteiger partial charge in [0.1, 0.15) is 23.0 Å². The molecule has 2 aromatic carbocycles. The van der Waals surface area contributed by atoms with Crippen molar-refractivity contribution in [2.75, 3.05) is 95.0 Å². The number of methoxy groups -OCH3 is 2. The number of rotatable bonds is 11. The third-order valence-electron chi connectivity index (χ3n) is 10.4. The number of fused-ring (bicyclic) bond motifs is 1. The maximum Gasteiger partial charge on any atom is 0.272 e. The number of benzene rings is 2. The van der Waals surface area contributed by atoms with Crippen molar-refractivity contribution >= 4 is 29.3 Å². The molecular formula is C41H46N10O4. The lowest BCUT2D eigenvalue weighted by Crippen LogP contribution is -2.47. The fraction of sp³-hybridized carbons (Fsp3) is 0.366. The fourth-order valence-corrected chi connectivity index (χ4v) is 7.19. The van der Waals surface area contributed by atoms with Crippen LogP contribution in [0.4, 0.5) is 23.4 Å². The zero-order chi connectivity index (χ0) is 37.7. The zero-order valence-electron chi connectivity index (χ0n) is 31.6. The highest BCUT2D eigenvalue weighted by Crippen LogP contribution is 2.39. The van der Waals surface area contributed by atoms with Crippen molar-refractivity contribution in [2.24, 2.45) is 0 Å². The zero-order valence-corrected chi connectivity index (χ0v) is 31.6. The van der Waals surface area contributed by atoms with Gasteiger partial charge in [0.05, 0.1) is 45.0 Å². The highest BCUT2D eigenvalue weighted by molar-refractivity contribution is 5.92. The number of hydrogen-bond donors (Lipinski definition) is 0. The van der Waals surface area contributed by atoms with E-state index < -0.39 is 0 Å². The molecule has 8 rings (SSSR count). The summed E-state index contributed by atoms with van der Waals surface area (Å²) in [6.45, 7) is 7.66. The first-order valence-corrected chi connectivity index (χ1v) is 18.7. The number of anilines is 4. The topological polar surface area (TPSA) is 125 Å². The summed E-state index contributed by atoms with van der Waals surface area (Å²) in [5, 5.41) is 0. The molecule has 0 radical (unpaired) electrons. The monoisotopic (exact) mass is 742 g/mol. The Labute approximate surface area is 321 Å². The summed E-state index contributed by atoms with van der Waals surface area (Å²) < 4.78 is 16.4. The van der Waals surface area contributed by atoms with Crippen LogP contribution in [0, 0.1) is 0 Å². The minimum absolute atomic E-state index is 0.0318. The van der Waals surface area contributed by atoms with E-state index in [0.717, 1.165) is 70.5 Å². The van der Waals surface area contributed by atoms with Gasteiger partial charge in [0.15, 0.2) is 0 Å². The van der Waals surface area contributed by atoms with E-state index in [1.165, 1.54) is 0 Å². The van der Waals surface area contributed by atoms with Crippen LogP contribution >= 0.6 is 0 Å². The molecule has 0 bridgehead atoms. The van der Waals surface area contributed by atoms with E-state index in [0.29, 0.717) is 76.6 Å². The number of likely N-dealkylation sites (N-methyl/N-ethyl adjacent to an activating group) is 1. The van der Waals surface area contributed by atoms with E-state index in [9.17, 15) is 4.79 Å². The van der Waals surface area contributed by atoms with Gasteiger partial charge in [-0.25, -0.2) is 19.9 Å². The Morgan fingerprint density at radius 2 is 1.38 bits per heavy atom.